The molecule has 0 spiro atoms. The van der Waals surface area contributed by atoms with Crippen LogP contribution in [0, 0.1) is 19.8 Å². The van der Waals surface area contributed by atoms with E-state index in [-0.39, 0.29) is 28.4 Å². The van der Waals surface area contributed by atoms with Crippen LogP contribution >= 0.6 is 0 Å². The van der Waals surface area contributed by atoms with Crippen LogP contribution in [0.2, 0.25) is 0 Å². The van der Waals surface area contributed by atoms with E-state index in [2.05, 4.69) is 165 Å². The SMILES string of the molecule is Cc1cc(Oc2cc(C3=N[C@H](C4CCCCC4)[C@@H](c4ccccc4)O3)cc(C(C)(C)C)c2)cc(N2c3ccc(C(C)(C)C)cc3C(C)(C)c3c(C)ccnc32)c1. The van der Waals surface area contributed by atoms with Gasteiger partial charge in [0.1, 0.15) is 23.4 Å². The van der Waals surface area contributed by atoms with E-state index >= 15 is 0 Å². The first kappa shape index (κ1) is 38.0. The Labute approximate surface area is 335 Å². The van der Waals surface area contributed by atoms with Crippen molar-refractivity contribution in [2.24, 2.45) is 10.9 Å². The van der Waals surface area contributed by atoms with Gasteiger partial charge in [0.15, 0.2) is 0 Å². The van der Waals surface area contributed by atoms with Crippen LogP contribution in [-0.2, 0) is 21.0 Å². The fourth-order valence-electron chi connectivity index (χ4n) is 9.26. The summed E-state index contributed by atoms with van der Waals surface area (Å²) < 4.78 is 13.8. The summed E-state index contributed by atoms with van der Waals surface area (Å²) in [6.45, 7) is 22.7. The van der Waals surface area contributed by atoms with Crippen LogP contribution in [0.4, 0.5) is 17.2 Å². The van der Waals surface area contributed by atoms with Crippen LogP contribution < -0.4 is 9.64 Å². The van der Waals surface area contributed by atoms with Crippen molar-refractivity contribution < 1.29 is 9.47 Å². The summed E-state index contributed by atoms with van der Waals surface area (Å²) in [5.41, 5.74) is 11.4. The van der Waals surface area contributed by atoms with Crippen LogP contribution in [0.25, 0.3) is 0 Å². The third kappa shape index (κ3) is 7.14. The molecule has 4 aromatic carbocycles. The molecule has 0 saturated heterocycles. The number of pyridine rings is 1. The second kappa shape index (κ2) is 14.2. The molecule has 0 bridgehead atoms. The number of aromatic nitrogens is 1. The van der Waals surface area contributed by atoms with E-state index in [4.69, 9.17) is 19.5 Å². The van der Waals surface area contributed by atoms with Crippen molar-refractivity contribution in [1.29, 1.82) is 0 Å². The maximum absolute atomic E-state index is 6.93. The van der Waals surface area contributed by atoms with Crippen molar-refractivity contribution in [2.45, 2.75) is 130 Å². The molecule has 56 heavy (non-hydrogen) atoms. The lowest BCUT2D eigenvalue weighted by molar-refractivity contribution is 0.150. The van der Waals surface area contributed by atoms with Gasteiger partial charge in [-0.05, 0) is 119 Å². The van der Waals surface area contributed by atoms with Crippen LogP contribution in [-0.4, -0.2) is 16.9 Å². The van der Waals surface area contributed by atoms with Crippen molar-refractivity contribution in [3.05, 3.63) is 142 Å². The molecule has 8 rings (SSSR count). The Morgan fingerprint density at radius 1 is 0.750 bits per heavy atom. The molecule has 0 N–H and O–H groups in total. The van der Waals surface area contributed by atoms with E-state index in [9.17, 15) is 0 Å². The van der Waals surface area contributed by atoms with Crippen molar-refractivity contribution >= 4 is 23.1 Å². The molecule has 290 valence electrons. The lowest BCUT2D eigenvalue weighted by Crippen LogP contribution is -2.33. The van der Waals surface area contributed by atoms with Gasteiger partial charge in [-0.15, -0.1) is 0 Å². The minimum absolute atomic E-state index is 0.0271. The fraction of sp³-hybridized carbons (Fsp3) is 0.412. The summed E-state index contributed by atoms with van der Waals surface area (Å²) in [6, 6.07) is 33.0. The number of hydrogen-bond donors (Lipinski definition) is 0. The fourth-order valence-corrected chi connectivity index (χ4v) is 9.26. The summed E-state index contributed by atoms with van der Waals surface area (Å²) in [6.07, 6.45) is 8.11. The van der Waals surface area contributed by atoms with Gasteiger partial charge in [-0.1, -0.05) is 117 Å². The molecule has 0 unspecified atom stereocenters. The van der Waals surface area contributed by atoms with E-state index in [1.807, 2.05) is 6.20 Å². The summed E-state index contributed by atoms with van der Waals surface area (Å²) in [7, 11) is 0. The highest BCUT2D eigenvalue weighted by molar-refractivity contribution is 5.96. The lowest BCUT2D eigenvalue weighted by Gasteiger charge is -2.42. The molecule has 0 amide bonds. The topological polar surface area (TPSA) is 47.0 Å². The molecule has 5 nitrogen and oxygen atoms in total. The molecule has 1 aromatic heterocycles. The van der Waals surface area contributed by atoms with Gasteiger partial charge < -0.3 is 9.47 Å². The number of rotatable bonds is 6. The molecule has 0 radical (unpaired) electrons. The van der Waals surface area contributed by atoms with E-state index < -0.39 is 0 Å². The molecular formula is C51H59N3O2. The maximum Gasteiger partial charge on any atom is 0.217 e. The van der Waals surface area contributed by atoms with Gasteiger partial charge in [0, 0.05) is 28.8 Å². The summed E-state index contributed by atoms with van der Waals surface area (Å²) in [5, 5.41) is 0. The number of aliphatic imine (C=N–C) groups is 1. The summed E-state index contributed by atoms with van der Waals surface area (Å²) >= 11 is 0. The van der Waals surface area contributed by atoms with Gasteiger partial charge in [-0.2, -0.15) is 0 Å². The average molecular weight is 746 g/mol. The monoisotopic (exact) mass is 745 g/mol. The van der Waals surface area contributed by atoms with Crippen molar-refractivity contribution in [2.75, 3.05) is 4.90 Å². The lowest BCUT2D eigenvalue weighted by atomic mass is 9.71. The molecule has 1 aliphatic carbocycles. The number of benzene rings is 4. The van der Waals surface area contributed by atoms with E-state index in [0.717, 1.165) is 45.7 Å². The Balaban J connectivity index is 1.20. The average Bonchev–Trinajstić information content (AvgIpc) is 3.60. The zero-order valence-corrected chi connectivity index (χ0v) is 35.2. The zero-order chi connectivity index (χ0) is 39.6. The number of hydrogen-bond acceptors (Lipinski definition) is 5. The molecule has 3 aliphatic rings. The predicted octanol–water partition coefficient (Wildman–Crippen LogP) is 13.7. The molecule has 2 aliphatic heterocycles. The van der Waals surface area contributed by atoms with Gasteiger partial charge >= 0.3 is 0 Å². The highest BCUT2D eigenvalue weighted by atomic mass is 16.5. The Bertz CT molecular complexity index is 2290. The third-order valence-corrected chi connectivity index (χ3v) is 12.4. The number of nitrogens with zero attached hydrogens (tertiary/aromatic N) is 3. The standard InChI is InChI=1S/C51H59N3O2/c1-32-25-39(54-43-22-21-37(49(3,4)5)30-42(43)51(9,10)44-33(2)23-24-52-47(44)54)31-40(26-32)55-41-28-36(27-38(29-41)50(6,7)8)48-53-45(34-17-13-11-14-18-34)46(56-48)35-19-15-12-16-20-35/h12,15-16,19-31,34,45-46H,11,13-14,17-18H2,1-10H3/t45-,46-/m1/s1. The largest absolute Gasteiger partial charge is 0.467 e. The van der Waals surface area contributed by atoms with Crippen LogP contribution in [0.15, 0.2) is 102 Å². The zero-order valence-electron chi connectivity index (χ0n) is 35.2. The Hall–Kier alpha value is -4.90. The van der Waals surface area contributed by atoms with Crippen LogP contribution in [0.5, 0.6) is 11.5 Å². The summed E-state index contributed by atoms with van der Waals surface area (Å²) in [5.74, 6) is 3.76. The first-order valence-electron chi connectivity index (χ1n) is 20.7. The Morgan fingerprint density at radius 2 is 1.46 bits per heavy atom. The van der Waals surface area contributed by atoms with Crippen molar-refractivity contribution in [3.63, 3.8) is 0 Å². The smallest absolute Gasteiger partial charge is 0.217 e. The van der Waals surface area contributed by atoms with Crippen molar-refractivity contribution in [3.8, 4) is 11.5 Å². The van der Waals surface area contributed by atoms with Gasteiger partial charge in [0.25, 0.3) is 0 Å². The normalized spacial score (nSPS) is 19.5. The first-order chi connectivity index (χ1) is 26.6. The van der Waals surface area contributed by atoms with E-state index in [1.165, 1.54) is 65.5 Å². The third-order valence-electron chi connectivity index (χ3n) is 12.4. The quantitative estimate of drug-likeness (QED) is 0.174. The second-order valence-electron chi connectivity index (χ2n) is 19.1. The first-order valence-corrected chi connectivity index (χ1v) is 20.7. The Kier molecular flexibility index (Phi) is 9.66. The number of ether oxygens (including phenoxy) is 2. The number of fused-ring (bicyclic) bond motifs is 2. The van der Waals surface area contributed by atoms with E-state index in [0.29, 0.717) is 5.92 Å². The highest BCUT2D eigenvalue weighted by Crippen LogP contribution is 2.53. The van der Waals surface area contributed by atoms with Crippen LogP contribution in [0.3, 0.4) is 0 Å². The van der Waals surface area contributed by atoms with E-state index in [1.54, 1.807) is 0 Å². The molecule has 5 aromatic rings. The minimum atomic E-state index is -0.228. The van der Waals surface area contributed by atoms with Crippen LogP contribution in [0.1, 0.15) is 138 Å². The Morgan fingerprint density at radius 3 is 2.18 bits per heavy atom. The molecule has 1 fully saturated rings. The molecular weight excluding hydrogens is 687 g/mol. The number of aryl methyl sites for hydroxylation is 2. The molecule has 2 atom stereocenters. The van der Waals surface area contributed by atoms with Gasteiger partial charge in [0.2, 0.25) is 5.90 Å². The summed E-state index contributed by atoms with van der Waals surface area (Å²) in [4.78, 5) is 12.8. The predicted molar refractivity (Wildman–Crippen MR) is 232 cm³/mol. The van der Waals surface area contributed by atoms with Crippen molar-refractivity contribution in [1.82, 2.24) is 4.98 Å². The van der Waals surface area contributed by atoms with Gasteiger partial charge in [0.05, 0.1) is 17.4 Å². The second-order valence-corrected chi connectivity index (χ2v) is 19.1. The minimum Gasteiger partial charge on any atom is -0.467 e. The number of anilines is 3. The molecule has 3 heterocycles. The maximum atomic E-state index is 6.93. The highest BCUT2D eigenvalue weighted by Gasteiger charge is 2.41. The molecule has 1 saturated carbocycles. The van der Waals surface area contributed by atoms with Gasteiger partial charge in [-0.25, -0.2) is 9.98 Å². The van der Waals surface area contributed by atoms with Gasteiger partial charge in [-0.3, -0.25) is 4.90 Å². The molecule has 5 heteroatoms.